The van der Waals surface area contributed by atoms with Crippen LogP contribution >= 0.6 is 0 Å². The summed E-state index contributed by atoms with van der Waals surface area (Å²) in [6.45, 7) is 7.79. The number of nitrogens with zero attached hydrogens (tertiary/aromatic N) is 2. The molecular formula is C17H29N3O. The zero-order chi connectivity index (χ0) is 15.1. The minimum atomic E-state index is 0.343. The molecule has 2 rings (SSSR count). The highest BCUT2D eigenvalue weighted by Crippen LogP contribution is 2.22. The van der Waals surface area contributed by atoms with Gasteiger partial charge in [0, 0.05) is 44.0 Å². The standard InChI is InChI=1S/C17H29N3O/c1-15(18)6-3-4-9-19-10-12-20(13-11-19)16-7-5-8-17(14-16)21-2/h5,7-8,14-15H,3-4,6,9-13,18H2,1-2H3. The Labute approximate surface area is 128 Å². The molecule has 1 aromatic rings. The van der Waals surface area contributed by atoms with Gasteiger partial charge in [-0.1, -0.05) is 12.5 Å². The number of hydrogen-bond donors (Lipinski definition) is 1. The van der Waals surface area contributed by atoms with Gasteiger partial charge >= 0.3 is 0 Å². The van der Waals surface area contributed by atoms with E-state index in [1.165, 1.54) is 25.1 Å². The molecule has 1 heterocycles. The van der Waals surface area contributed by atoms with Gasteiger partial charge in [0.2, 0.25) is 0 Å². The van der Waals surface area contributed by atoms with Crippen molar-refractivity contribution in [1.82, 2.24) is 4.90 Å². The van der Waals surface area contributed by atoms with Crippen LogP contribution in [0.1, 0.15) is 26.2 Å². The van der Waals surface area contributed by atoms with Crippen LogP contribution in [0.3, 0.4) is 0 Å². The first-order valence-electron chi connectivity index (χ1n) is 8.06. The second-order valence-electron chi connectivity index (χ2n) is 6.00. The highest BCUT2D eigenvalue weighted by Gasteiger charge is 2.17. The first kappa shape index (κ1) is 16.1. The fourth-order valence-corrected chi connectivity index (χ4v) is 2.84. The highest BCUT2D eigenvalue weighted by molar-refractivity contribution is 5.51. The number of hydrogen-bond acceptors (Lipinski definition) is 4. The molecule has 1 atom stereocenters. The Morgan fingerprint density at radius 3 is 2.62 bits per heavy atom. The zero-order valence-corrected chi connectivity index (χ0v) is 13.4. The van der Waals surface area contributed by atoms with Crippen molar-refractivity contribution in [1.29, 1.82) is 0 Å². The summed E-state index contributed by atoms with van der Waals surface area (Å²) in [5.41, 5.74) is 7.06. The summed E-state index contributed by atoms with van der Waals surface area (Å²) in [6.07, 6.45) is 3.65. The van der Waals surface area contributed by atoms with Crippen LogP contribution in [0.25, 0.3) is 0 Å². The van der Waals surface area contributed by atoms with Gasteiger partial charge in [-0.05, 0) is 38.4 Å². The SMILES string of the molecule is COc1cccc(N2CCN(CCCCC(C)N)CC2)c1. The molecule has 0 radical (unpaired) electrons. The molecule has 1 unspecified atom stereocenters. The van der Waals surface area contributed by atoms with Crippen molar-refractivity contribution in [3.63, 3.8) is 0 Å². The Morgan fingerprint density at radius 2 is 1.95 bits per heavy atom. The number of ether oxygens (including phenoxy) is 1. The number of nitrogens with two attached hydrogens (primary N) is 1. The van der Waals surface area contributed by atoms with E-state index in [1.54, 1.807) is 7.11 Å². The van der Waals surface area contributed by atoms with Gasteiger partial charge in [-0.15, -0.1) is 0 Å². The molecule has 2 N–H and O–H groups in total. The van der Waals surface area contributed by atoms with Crippen LogP contribution in [0.4, 0.5) is 5.69 Å². The first-order chi connectivity index (χ1) is 10.2. The van der Waals surface area contributed by atoms with Crippen molar-refractivity contribution in [3.05, 3.63) is 24.3 Å². The van der Waals surface area contributed by atoms with Crippen molar-refractivity contribution >= 4 is 5.69 Å². The van der Waals surface area contributed by atoms with Crippen LogP contribution in [0, 0.1) is 0 Å². The van der Waals surface area contributed by atoms with Crippen molar-refractivity contribution in [3.8, 4) is 5.75 Å². The number of anilines is 1. The predicted octanol–water partition coefficient (Wildman–Crippen LogP) is 2.33. The quantitative estimate of drug-likeness (QED) is 0.783. The van der Waals surface area contributed by atoms with E-state index in [-0.39, 0.29) is 0 Å². The van der Waals surface area contributed by atoms with Crippen LogP contribution in [0.5, 0.6) is 5.75 Å². The summed E-state index contributed by atoms with van der Waals surface area (Å²) in [6, 6.07) is 8.70. The van der Waals surface area contributed by atoms with Crippen LogP contribution in [-0.4, -0.2) is 50.8 Å². The maximum absolute atomic E-state index is 5.79. The van der Waals surface area contributed by atoms with Gasteiger partial charge in [0.15, 0.2) is 0 Å². The van der Waals surface area contributed by atoms with Gasteiger partial charge in [-0.25, -0.2) is 0 Å². The largest absolute Gasteiger partial charge is 0.497 e. The molecule has 0 spiro atoms. The minimum Gasteiger partial charge on any atom is -0.497 e. The van der Waals surface area contributed by atoms with Crippen molar-refractivity contribution in [2.45, 2.75) is 32.2 Å². The first-order valence-corrected chi connectivity index (χ1v) is 8.06. The summed E-state index contributed by atoms with van der Waals surface area (Å²) in [5, 5.41) is 0. The monoisotopic (exact) mass is 291 g/mol. The third-order valence-electron chi connectivity index (χ3n) is 4.17. The van der Waals surface area contributed by atoms with Crippen LogP contribution in [-0.2, 0) is 0 Å². The number of unbranched alkanes of at least 4 members (excludes halogenated alkanes) is 1. The van der Waals surface area contributed by atoms with Crippen LogP contribution in [0.15, 0.2) is 24.3 Å². The molecule has 4 heteroatoms. The normalized spacial score (nSPS) is 17.8. The van der Waals surface area contributed by atoms with Crippen LogP contribution < -0.4 is 15.4 Å². The number of piperazine rings is 1. The highest BCUT2D eigenvalue weighted by atomic mass is 16.5. The minimum absolute atomic E-state index is 0.343. The van der Waals surface area contributed by atoms with E-state index in [0.717, 1.165) is 38.3 Å². The van der Waals surface area contributed by atoms with Gasteiger partial charge in [-0.2, -0.15) is 0 Å². The Kier molecular flexibility index (Phi) is 6.33. The maximum Gasteiger partial charge on any atom is 0.120 e. The van der Waals surface area contributed by atoms with Crippen molar-refractivity contribution < 1.29 is 4.74 Å². The smallest absolute Gasteiger partial charge is 0.120 e. The predicted molar refractivity (Wildman–Crippen MR) is 89.1 cm³/mol. The molecule has 0 aliphatic carbocycles. The van der Waals surface area contributed by atoms with Crippen LogP contribution in [0.2, 0.25) is 0 Å². The summed E-state index contributed by atoms with van der Waals surface area (Å²) >= 11 is 0. The van der Waals surface area contributed by atoms with E-state index in [2.05, 4.69) is 34.9 Å². The van der Waals surface area contributed by atoms with E-state index in [0.29, 0.717) is 6.04 Å². The second-order valence-corrected chi connectivity index (χ2v) is 6.00. The van der Waals surface area contributed by atoms with Crippen molar-refractivity contribution in [2.24, 2.45) is 5.73 Å². The lowest BCUT2D eigenvalue weighted by molar-refractivity contribution is 0.251. The van der Waals surface area contributed by atoms with Gasteiger partial charge in [0.05, 0.1) is 7.11 Å². The summed E-state index contributed by atoms with van der Waals surface area (Å²) in [5.74, 6) is 0.936. The third-order valence-corrected chi connectivity index (χ3v) is 4.17. The lowest BCUT2D eigenvalue weighted by Gasteiger charge is -2.36. The molecule has 0 bridgehead atoms. The molecule has 1 aromatic carbocycles. The molecule has 0 saturated carbocycles. The van der Waals surface area contributed by atoms with E-state index in [1.807, 2.05) is 6.07 Å². The average molecular weight is 291 g/mol. The summed E-state index contributed by atoms with van der Waals surface area (Å²) < 4.78 is 5.30. The molecule has 4 nitrogen and oxygen atoms in total. The molecule has 21 heavy (non-hydrogen) atoms. The number of rotatable bonds is 7. The average Bonchev–Trinajstić information content (AvgIpc) is 2.52. The van der Waals surface area contributed by atoms with E-state index < -0.39 is 0 Å². The molecule has 0 aromatic heterocycles. The lowest BCUT2D eigenvalue weighted by atomic mass is 10.1. The fourth-order valence-electron chi connectivity index (χ4n) is 2.84. The zero-order valence-electron chi connectivity index (χ0n) is 13.4. The molecule has 1 fully saturated rings. The number of methoxy groups -OCH3 is 1. The van der Waals surface area contributed by atoms with Crippen molar-refractivity contribution in [2.75, 3.05) is 44.7 Å². The van der Waals surface area contributed by atoms with Gasteiger partial charge < -0.3 is 15.4 Å². The van der Waals surface area contributed by atoms with E-state index in [4.69, 9.17) is 10.5 Å². The molecule has 0 amide bonds. The molecular weight excluding hydrogens is 262 g/mol. The Morgan fingerprint density at radius 1 is 1.19 bits per heavy atom. The van der Waals surface area contributed by atoms with E-state index in [9.17, 15) is 0 Å². The molecule has 1 aliphatic rings. The Hall–Kier alpha value is -1.26. The molecule has 1 aliphatic heterocycles. The third kappa shape index (κ3) is 5.21. The second kappa shape index (κ2) is 8.25. The van der Waals surface area contributed by atoms with Gasteiger partial charge in [0.1, 0.15) is 5.75 Å². The maximum atomic E-state index is 5.79. The molecule has 1 saturated heterocycles. The molecule has 118 valence electrons. The van der Waals surface area contributed by atoms with E-state index >= 15 is 0 Å². The van der Waals surface area contributed by atoms with Gasteiger partial charge in [0.25, 0.3) is 0 Å². The summed E-state index contributed by atoms with van der Waals surface area (Å²) in [7, 11) is 1.72. The lowest BCUT2D eigenvalue weighted by Crippen LogP contribution is -2.46. The fraction of sp³-hybridized carbons (Fsp3) is 0.647. The number of benzene rings is 1. The summed E-state index contributed by atoms with van der Waals surface area (Å²) in [4.78, 5) is 5.01. The van der Waals surface area contributed by atoms with Gasteiger partial charge in [-0.3, -0.25) is 4.90 Å². The Balaban J connectivity index is 1.72. The topological polar surface area (TPSA) is 41.7 Å². The Bertz CT molecular complexity index is 414.